The summed E-state index contributed by atoms with van der Waals surface area (Å²) in [5.41, 5.74) is 1.98. The number of nitrogens with one attached hydrogen (secondary N) is 1. The van der Waals surface area contributed by atoms with Gasteiger partial charge >= 0.3 is 0 Å². The number of amides is 1. The zero-order chi connectivity index (χ0) is 11.5. The molecular weight excluding hydrogens is 200 g/mol. The van der Waals surface area contributed by atoms with Crippen molar-refractivity contribution in [2.24, 2.45) is 0 Å². The van der Waals surface area contributed by atoms with Crippen LogP contribution < -0.4 is 5.32 Å². The summed E-state index contributed by atoms with van der Waals surface area (Å²) in [4.78, 5) is 14.0. The van der Waals surface area contributed by atoms with Gasteiger partial charge in [-0.1, -0.05) is 17.7 Å². The molecule has 1 unspecified atom stereocenters. The van der Waals surface area contributed by atoms with Gasteiger partial charge in [0.15, 0.2) is 0 Å². The second-order valence-electron chi connectivity index (χ2n) is 4.39. The molecule has 1 fully saturated rings. The van der Waals surface area contributed by atoms with Crippen molar-refractivity contribution in [3.63, 3.8) is 0 Å². The monoisotopic (exact) mass is 218 g/mol. The molecule has 0 saturated carbocycles. The van der Waals surface area contributed by atoms with Crippen molar-refractivity contribution in [1.29, 1.82) is 0 Å². The normalized spacial score (nSPS) is 20.1. The van der Waals surface area contributed by atoms with Crippen LogP contribution in [-0.2, 0) is 0 Å². The Morgan fingerprint density at radius 1 is 1.38 bits per heavy atom. The van der Waals surface area contributed by atoms with E-state index in [-0.39, 0.29) is 5.91 Å². The smallest absolute Gasteiger partial charge is 0.253 e. The number of hydrogen-bond acceptors (Lipinski definition) is 2. The number of aryl methyl sites for hydroxylation is 1. The summed E-state index contributed by atoms with van der Waals surface area (Å²) in [5.74, 6) is 0.151. The fourth-order valence-corrected chi connectivity index (χ4v) is 2.06. The maximum atomic E-state index is 12.1. The van der Waals surface area contributed by atoms with Crippen molar-refractivity contribution in [1.82, 2.24) is 10.2 Å². The molecule has 3 nitrogen and oxygen atoms in total. The van der Waals surface area contributed by atoms with Crippen LogP contribution >= 0.6 is 0 Å². The zero-order valence-electron chi connectivity index (χ0n) is 9.86. The van der Waals surface area contributed by atoms with Crippen LogP contribution in [0.1, 0.15) is 22.3 Å². The van der Waals surface area contributed by atoms with Crippen LogP contribution in [0.2, 0.25) is 0 Å². The summed E-state index contributed by atoms with van der Waals surface area (Å²) in [6.07, 6.45) is 1.05. The van der Waals surface area contributed by atoms with E-state index in [1.807, 2.05) is 43.1 Å². The molecule has 3 heteroatoms. The number of nitrogens with zero attached hydrogens (tertiary/aromatic N) is 1. The quantitative estimate of drug-likeness (QED) is 0.814. The molecule has 0 bridgehead atoms. The lowest BCUT2D eigenvalue weighted by Crippen LogP contribution is -2.33. The van der Waals surface area contributed by atoms with Crippen molar-refractivity contribution < 1.29 is 4.79 Å². The fraction of sp³-hybridized carbons (Fsp3) is 0.462. The lowest BCUT2D eigenvalue weighted by Gasteiger charge is -2.16. The van der Waals surface area contributed by atoms with Crippen LogP contribution in [0.15, 0.2) is 24.3 Å². The molecule has 1 aliphatic rings. The SMILES string of the molecule is CNC1CCN(C(=O)c2ccc(C)cc2)C1. The number of carbonyl (C=O) groups excluding carboxylic acids is 1. The predicted octanol–water partition coefficient (Wildman–Crippen LogP) is 1.43. The van der Waals surface area contributed by atoms with E-state index in [4.69, 9.17) is 0 Å². The van der Waals surface area contributed by atoms with Gasteiger partial charge < -0.3 is 10.2 Å². The third kappa shape index (κ3) is 2.25. The zero-order valence-corrected chi connectivity index (χ0v) is 9.86. The number of rotatable bonds is 2. The Morgan fingerprint density at radius 2 is 2.06 bits per heavy atom. The van der Waals surface area contributed by atoms with Crippen LogP contribution in [-0.4, -0.2) is 37.0 Å². The fourth-order valence-electron chi connectivity index (χ4n) is 2.06. The molecule has 0 aliphatic carbocycles. The molecule has 0 radical (unpaired) electrons. The number of benzene rings is 1. The van der Waals surface area contributed by atoms with E-state index in [9.17, 15) is 4.79 Å². The lowest BCUT2D eigenvalue weighted by molar-refractivity contribution is 0.0789. The Hall–Kier alpha value is -1.35. The van der Waals surface area contributed by atoms with Crippen molar-refractivity contribution in [3.8, 4) is 0 Å². The highest BCUT2D eigenvalue weighted by molar-refractivity contribution is 5.94. The predicted molar refractivity (Wildman–Crippen MR) is 64.5 cm³/mol. The van der Waals surface area contributed by atoms with Gasteiger partial charge in [0.1, 0.15) is 0 Å². The van der Waals surface area contributed by atoms with E-state index in [0.717, 1.165) is 25.1 Å². The molecule has 0 aromatic heterocycles. The minimum absolute atomic E-state index is 0.151. The van der Waals surface area contributed by atoms with Crippen molar-refractivity contribution in [3.05, 3.63) is 35.4 Å². The summed E-state index contributed by atoms with van der Waals surface area (Å²) in [6.45, 7) is 3.71. The first-order valence-electron chi connectivity index (χ1n) is 5.74. The van der Waals surface area contributed by atoms with Gasteiger partial charge in [0.2, 0.25) is 0 Å². The Balaban J connectivity index is 2.05. The topological polar surface area (TPSA) is 32.3 Å². The highest BCUT2D eigenvalue weighted by atomic mass is 16.2. The molecule has 86 valence electrons. The van der Waals surface area contributed by atoms with Gasteiger partial charge in [0, 0.05) is 24.7 Å². The second-order valence-corrected chi connectivity index (χ2v) is 4.39. The molecule has 16 heavy (non-hydrogen) atoms. The van der Waals surface area contributed by atoms with E-state index in [1.54, 1.807) is 0 Å². The van der Waals surface area contributed by atoms with Crippen molar-refractivity contribution in [2.45, 2.75) is 19.4 Å². The van der Waals surface area contributed by atoms with E-state index < -0.39 is 0 Å². The van der Waals surface area contributed by atoms with Gasteiger partial charge in [-0.15, -0.1) is 0 Å². The molecule has 1 atom stereocenters. The second kappa shape index (κ2) is 4.66. The third-order valence-corrected chi connectivity index (χ3v) is 3.18. The summed E-state index contributed by atoms with van der Waals surface area (Å²) in [7, 11) is 1.95. The van der Waals surface area contributed by atoms with Gasteiger partial charge in [-0.05, 0) is 32.5 Å². The lowest BCUT2D eigenvalue weighted by atomic mass is 10.1. The summed E-state index contributed by atoms with van der Waals surface area (Å²) in [5, 5.41) is 3.22. The molecule has 1 N–H and O–H groups in total. The molecule has 1 aliphatic heterocycles. The Kier molecular flexibility index (Phi) is 3.25. The summed E-state index contributed by atoms with van der Waals surface area (Å²) in [6, 6.07) is 8.24. The van der Waals surface area contributed by atoms with Gasteiger partial charge in [0.25, 0.3) is 5.91 Å². The standard InChI is InChI=1S/C13H18N2O/c1-10-3-5-11(6-4-10)13(16)15-8-7-12(9-15)14-2/h3-6,12,14H,7-9H2,1-2H3. The highest BCUT2D eigenvalue weighted by Gasteiger charge is 2.25. The third-order valence-electron chi connectivity index (χ3n) is 3.18. The van der Waals surface area contributed by atoms with Crippen LogP contribution in [0.25, 0.3) is 0 Å². The Labute approximate surface area is 96.5 Å². The van der Waals surface area contributed by atoms with Gasteiger partial charge in [-0.3, -0.25) is 4.79 Å². The molecule has 1 aromatic rings. The highest BCUT2D eigenvalue weighted by Crippen LogP contribution is 2.13. The van der Waals surface area contributed by atoms with E-state index in [2.05, 4.69) is 5.32 Å². The number of hydrogen-bond donors (Lipinski definition) is 1. The summed E-state index contributed by atoms with van der Waals surface area (Å²) < 4.78 is 0. The maximum Gasteiger partial charge on any atom is 0.253 e. The first-order chi connectivity index (χ1) is 7.70. The van der Waals surface area contributed by atoms with Crippen LogP contribution in [0, 0.1) is 6.92 Å². The molecule has 2 rings (SSSR count). The average Bonchev–Trinajstić information content (AvgIpc) is 2.77. The molecule has 1 amide bonds. The molecule has 1 saturated heterocycles. The number of carbonyl (C=O) groups is 1. The Morgan fingerprint density at radius 3 is 2.62 bits per heavy atom. The Bertz CT molecular complexity index is 372. The van der Waals surface area contributed by atoms with Crippen LogP contribution in [0.5, 0.6) is 0 Å². The van der Waals surface area contributed by atoms with E-state index in [1.165, 1.54) is 5.56 Å². The minimum Gasteiger partial charge on any atom is -0.337 e. The molecule has 1 aromatic carbocycles. The molecular formula is C13H18N2O. The van der Waals surface area contributed by atoms with Gasteiger partial charge in [-0.2, -0.15) is 0 Å². The van der Waals surface area contributed by atoms with E-state index >= 15 is 0 Å². The van der Waals surface area contributed by atoms with Crippen molar-refractivity contribution in [2.75, 3.05) is 20.1 Å². The van der Waals surface area contributed by atoms with E-state index in [0.29, 0.717) is 6.04 Å². The largest absolute Gasteiger partial charge is 0.337 e. The van der Waals surface area contributed by atoms with Crippen molar-refractivity contribution >= 4 is 5.91 Å². The molecule has 0 spiro atoms. The first-order valence-corrected chi connectivity index (χ1v) is 5.74. The van der Waals surface area contributed by atoms with Crippen LogP contribution in [0.3, 0.4) is 0 Å². The number of likely N-dealkylation sites (tertiary alicyclic amines) is 1. The average molecular weight is 218 g/mol. The van der Waals surface area contributed by atoms with Gasteiger partial charge in [-0.25, -0.2) is 0 Å². The molecule has 1 heterocycles. The summed E-state index contributed by atoms with van der Waals surface area (Å²) >= 11 is 0. The number of likely N-dealkylation sites (N-methyl/N-ethyl adjacent to an activating group) is 1. The maximum absolute atomic E-state index is 12.1. The first kappa shape index (κ1) is 11.1. The minimum atomic E-state index is 0.151. The van der Waals surface area contributed by atoms with Gasteiger partial charge in [0.05, 0.1) is 0 Å². The van der Waals surface area contributed by atoms with Crippen LogP contribution in [0.4, 0.5) is 0 Å².